The molecule has 0 spiro atoms. The van der Waals surface area contributed by atoms with Crippen molar-refractivity contribution in [1.82, 2.24) is 10.2 Å². The van der Waals surface area contributed by atoms with E-state index >= 15 is 0 Å². The lowest BCUT2D eigenvalue weighted by Gasteiger charge is -2.40. The third-order valence-electron chi connectivity index (χ3n) is 4.22. The van der Waals surface area contributed by atoms with Gasteiger partial charge >= 0.3 is 0 Å². The second-order valence-corrected chi connectivity index (χ2v) is 9.38. The average Bonchev–Trinajstić information content (AvgIpc) is 2.35. The first kappa shape index (κ1) is 17.9. The first-order valence-electron chi connectivity index (χ1n) is 7.95. The number of nitrogens with one attached hydrogen (secondary N) is 1. The molecule has 0 saturated carbocycles. The molecule has 1 N–H and O–H groups in total. The predicted molar refractivity (Wildman–Crippen MR) is 85.8 cm³/mol. The highest BCUT2D eigenvalue weighted by Crippen LogP contribution is 2.15. The minimum Gasteiger partial charge on any atom is -0.311 e. The van der Waals surface area contributed by atoms with Crippen LogP contribution in [-0.4, -0.2) is 56.0 Å². The number of nitrogens with zero attached hydrogens (tertiary/aromatic N) is 1. The van der Waals surface area contributed by atoms with Gasteiger partial charge in [0, 0.05) is 31.7 Å². The summed E-state index contributed by atoms with van der Waals surface area (Å²) < 4.78 is 24.0. The lowest BCUT2D eigenvalue weighted by molar-refractivity contribution is 0.126. The summed E-state index contributed by atoms with van der Waals surface area (Å²) >= 11 is 0. The Morgan fingerprint density at radius 2 is 1.90 bits per heavy atom. The highest BCUT2D eigenvalue weighted by atomic mass is 32.2. The van der Waals surface area contributed by atoms with Crippen LogP contribution in [-0.2, 0) is 9.84 Å². The van der Waals surface area contributed by atoms with Gasteiger partial charge in [0.05, 0.1) is 11.0 Å². The molecule has 0 radical (unpaired) electrons. The van der Waals surface area contributed by atoms with Crippen molar-refractivity contribution in [2.24, 2.45) is 5.92 Å². The Morgan fingerprint density at radius 3 is 2.40 bits per heavy atom. The molecule has 1 fully saturated rings. The van der Waals surface area contributed by atoms with Crippen LogP contribution in [0.1, 0.15) is 47.5 Å². The quantitative estimate of drug-likeness (QED) is 0.780. The molecule has 5 heteroatoms. The van der Waals surface area contributed by atoms with E-state index in [1.807, 2.05) is 0 Å². The number of hydrogen-bond acceptors (Lipinski definition) is 4. The van der Waals surface area contributed by atoms with E-state index in [1.165, 1.54) is 0 Å². The van der Waals surface area contributed by atoms with Crippen LogP contribution in [0.15, 0.2) is 0 Å². The maximum Gasteiger partial charge on any atom is 0.153 e. The zero-order valence-electron chi connectivity index (χ0n) is 13.7. The standard InChI is InChI=1S/C15H32N2O2S/c1-6-15-10-16-14(9-12(2)3)11-17(15)7-8-20(18,19)13(4)5/h12-16H,6-11H2,1-5H3. The fourth-order valence-corrected chi connectivity index (χ4v) is 3.77. The highest BCUT2D eigenvalue weighted by Gasteiger charge is 2.28. The summed E-state index contributed by atoms with van der Waals surface area (Å²) in [4.78, 5) is 2.38. The molecule has 0 aromatic rings. The van der Waals surface area contributed by atoms with E-state index in [1.54, 1.807) is 13.8 Å². The van der Waals surface area contributed by atoms with E-state index in [2.05, 4.69) is 31.0 Å². The van der Waals surface area contributed by atoms with Gasteiger partial charge in [-0.15, -0.1) is 0 Å². The molecule has 1 aliphatic rings. The van der Waals surface area contributed by atoms with Crippen molar-refractivity contribution in [2.75, 3.05) is 25.4 Å². The van der Waals surface area contributed by atoms with Gasteiger partial charge in [0.25, 0.3) is 0 Å². The minimum atomic E-state index is -2.93. The molecule has 120 valence electrons. The van der Waals surface area contributed by atoms with Crippen molar-refractivity contribution in [1.29, 1.82) is 0 Å². The third kappa shape index (κ3) is 5.34. The van der Waals surface area contributed by atoms with E-state index < -0.39 is 9.84 Å². The summed E-state index contributed by atoms with van der Waals surface area (Å²) in [6.45, 7) is 12.8. The van der Waals surface area contributed by atoms with Gasteiger partial charge in [0.15, 0.2) is 9.84 Å². The van der Waals surface area contributed by atoms with E-state index in [4.69, 9.17) is 0 Å². The van der Waals surface area contributed by atoms with Crippen LogP contribution < -0.4 is 5.32 Å². The Labute approximate surface area is 125 Å². The largest absolute Gasteiger partial charge is 0.311 e. The molecule has 0 aromatic carbocycles. The SMILES string of the molecule is CCC1CNC(CC(C)C)CN1CCS(=O)(=O)C(C)C. The molecule has 4 nitrogen and oxygen atoms in total. The molecule has 1 rings (SSSR count). The molecular weight excluding hydrogens is 272 g/mol. The van der Waals surface area contributed by atoms with Gasteiger partial charge in [-0.25, -0.2) is 8.42 Å². The maximum atomic E-state index is 12.0. The van der Waals surface area contributed by atoms with Gasteiger partial charge in [-0.2, -0.15) is 0 Å². The van der Waals surface area contributed by atoms with Crippen molar-refractivity contribution >= 4 is 9.84 Å². The number of rotatable bonds is 7. The van der Waals surface area contributed by atoms with Crippen molar-refractivity contribution in [3.8, 4) is 0 Å². The molecule has 0 amide bonds. The van der Waals surface area contributed by atoms with Gasteiger partial charge in [0.2, 0.25) is 0 Å². The molecule has 2 atom stereocenters. The number of hydrogen-bond donors (Lipinski definition) is 1. The Bertz CT molecular complexity index is 379. The summed E-state index contributed by atoms with van der Waals surface area (Å²) in [6, 6.07) is 0.973. The average molecular weight is 304 g/mol. The van der Waals surface area contributed by atoms with Crippen molar-refractivity contribution in [2.45, 2.75) is 64.8 Å². The zero-order valence-corrected chi connectivity index (χ0v) is 14.5. The summed E-state index contributed by atoms with van der Waals surface area (Å²) in [5, 5.41) is 3.34. The van der Waals surface area contributed by atoms with E-state index in [-0.39, 0.29) is 11.0 Å². The molecule has 0 aromatic heterocycles. The third-order valence-corrected chi connectivity index (χ3v) is 6.41. The first-order chi connectivity index (χ1) is 9.26. The second-order valence-electron chi connectivity index (χ2n) is 6.71. The van der Waals surface area contributed by atoms with Crippen LogP contribution in [0, 0.1) is 5.92 Å². The van der Waals surface area contributed by atoms with E-state index in [0.29, 0.717) is 24.5 Å². The van der Waals surface area contributed by atoms with Crippen LogP contribution in [0.5, 0.6) is 0 Å². The molecule has 1 heterocycles. The monoisotopic (exact) mass is 304 g/mol. The molecule has 0 bridgehead atoms. The Kier molecular flexibility index (Phi) is 6.95. The summed E-state index contributed by atoms with van der Waals surface area (Å²) in [5.41, 5.74) is 0. The van der Waals surface area contributed by atoms with Gasteiger partial charge in [-0.05, 0) is 32.6 Å². The molecule has 1 saturated heterocycles. The highest BCUT2D eigenvalue weighted by molar-refractivity contribution is 7.92. The smallest absolute Gasteiger partial charge is 0.153 e. The van der Waals surface area contributed by atoms with Crippen LogP contribution in [0.4, 0.5) is 0 Å². The van der Waals surface area contributed by atoms with Crippen LogP contribution in [0.3, 0.4) is 0 Å². The molecular formula is C15H32N2O2S. The fraction of sp³-hybridized carbons (Fsp3) is 1.00. The Morgan fingerprint density at radius 1 is 1.25 bits per heavy atom. The van der Waals surface area contributed by atoms with Gasteiger partial charge < -0.3 is 5.32 Å². The Hall–Kier alpha value is -0.130. The fourth-order valence-electron chi connectivity index (χ4n) is 2.81. The molecule has 1 aliphatic heterocycles. The maximum absolute atomic E-state index is 12.0. The van der Waals surface area contributed by atoms with Gasteiger partial charge in [0.1, 0.15) is 0 Å². The van der Waals surface area contributed by atoms with Crippen LogP contribution in [0.25, 0.3) is 0 Å². The van der Waals surface area contributed by atoms with E-state index in [0.717, 1.165) is 25.9 Å². The topological polar surface area (TPSA) is 49.4 Å². The summed E-state index contributed by atoms with van der Waals surface area (Å²) in [7, 11) is -2.93. The lowest BCUT2D eigenvalue weighted by atomic mass is 9.99. The van der Waals surface area contributed by atoms with Crippen molar-refractivity contribution in [3.63, 3.8) is 0 Å². The van der Waals surface area contributed by atoms with Crippen LogP contribution in [0.2, 0.25) is 0 Å². The predicted octanol–water partition coefficient (Wildman–Crippen LogP) is 1.91. The Balaban J connectivity index is 2.59. The molecule has 20 heavy (non-hydrogen) atoms. The van der Waals surface area contributed by atoms with Gasteiger partial charge in [-0.1, -0.05) is 20.8 Å². The normalized spacial score (nSPS) is 25.6. The second kappa shape index (κ2) is 7.76. The minimum absolute atomic E-state index is 0.267. The summed E-state index contributed by atoms with van der Waals surface area (Å²) in [6.07, 6.45) is 2.23. The molecule has 2 unspecified atom stereocenters. The number of sulfone groups is 1. The summed E-state index contributed by atoms with van der Waals surface area (Å²) in [5.74, 6) is 0.960. The first-order valence-corrected chi connectivity index (χ1v) is 9.66. The van der Waals surface area contributed by atoms with Crippen molar-refractivity contribution in [3.05, 3.63) is 0 Å². The zero-order chi connectivity index (χ0) is 15.3. The molecule has 0 aliphatic carbocycles. The van der Waals surface area contributed by atoms with E-state index in [9.17, 15) is 8.42 Å². The number of piperazine rings is 1. The lowest BCUT2D eigenvalue weighted by Crippen LogP contribution is -2.57. The van der Waals surface area contributed by atoms with Gasteiger partial charge in [-0.3, -0.25) is 4.90 Å². The van der Waals surface area contributed by atoms with Crippen LogP contribution >= 0.6 is 0 Å². The van der Waals surface area contributed by atoms with Crippen molar-refractivity contribution < 1.29 is 8.42 Å².